The lowest BCUT2D eigenvalue weighted by Gasteiger charge is -2.19. The summed E-state index contributed by atoms with van der Waals surface area (Å²) in [7, 11) is 0.355. The molecule has 9 heteroatoms. The first-order valence-electron chi connectivity index (χ1n) is 7.72. The van der Waals surface area contributed by atoms with Gasteiger partial charge in [0.15, 0.2) is 0 Å². The predicted molar refractivity (Wildman–Crippen MR) is 98.9 cm³/mol. The summed E-state index contributed by atoms with van der Waals surface area (Å²) in [5.74, 6) is 0. The second-order valence-electron chi connectivity index (χ2n) is 5.96. The van der Waals surface area contributed by atoms with Crippen molar-refractivity contribution < 1.29 is 13.0 Å². The SMILES string of the molecule is CN(C)c1ccc(-c2n[nH]c(=O)c3c2NCCC3)cc1.CS(=O)(=O)O. The Bertz CT molecular complexity index is 881. The Morgan fingerprint density at radius 1 is 1.20 bits per heavy atom. The molecule has 3 rings (SSSR count). The molecule has 1 aliphatic heterocycles. The molecule has 1 aromatic carbocycles. The van der Waals surface area contributed by atoms with E-state index in [9.17, 15) is 13.2 Å². The van der Waals surface area contributed by atoms with Crippen LogP contribution < -0.4 is 15.8 Å². The van der Waals surface area contributed by atoms with Crippen molar-refractivity contribution in [3.63, 3.8) is 0 Å². The van der Waals surface area contributed by atoms with E-state index in [4.69, 9.17) is 4.55 Å². The van der Waals surface area contributed by atoms with Crippen molar-refractivity contribution in [2.75, 3.05) is 37.1 Å². The molecule has 1 aromatic heterocycles. The van der Waals surface area contributed by atoms with Gasteiger partial charge >= 0.3 is 0 Å². The third-order valence-corrected chi connectivity index (χ3v) is 3.64. The zero-order valence-electron chi connectivity index (χ0n) is 14.4. The summed E-state index contributed by atoms with van der Waals surface area (Å²) in [4.78, 5) is 13.9. The number of aromatic nitrogens is 2. The highest BCUT2D eigenvalue weighted by molar-refractivity contribution is 7.85. The molecule has 0 radical (unpaired) electrons. The number of fused-ring (bicyclic) bond motifs is 1. The van der Waals surface area contributed by atoms with E-state index in [2.05, 4.69) is 32.5 Å². The Morgan fingerprint density at radius 3 is 2.36 bits per heavy atom. The highest BCUT2D eigenvalue weighted by Crippen LogP contribution is 2.30. The Kier molecular flexibility index (Phi) is 5.81. The van der Waals surface area contributed by atoms with E-state index >= 15 is 0 Å². The third kappa shape index (κ3) is 5.30. The maximum atomic E-state index is 11.8. The van der Waals surface area contributed by atoms with Crippen molar-refractivity contribution >= 4 is 21.5 Å². The molecule has 25 heavy (non-hydrogen) atoms. The van der Waals surface area contributed by atoms with Gasteiger partial charge in [-0.3, -0.25) is 9.35 Å². The van der Waals surface area contributed by atoms with Crippen LogP contribution in [-0.2, 0) is 16.5 Å². The molecule has 0 bridgehead atoms. The van der Waals surface area contributed by atoms with E-state index in [0.717, 1.165) is 47.6 Å². The molecule has 1 aliphatic rings. The van der Waals surface area contributed by atoms with Crippen molar-refractivity contribution in [1.82, 2.24) is 10.2 Å². The molecule has 0 saturated heterocycles. The van der Waals surface area contributed by atoms with Crippen LogP contribution in [0.3, 0.4) is 0 Å². The van der Waals surface area contributed by atoms with Crippen molar-refractivity contribution in [2.45, 2.75) is 12.8 Å². The van der Waals surface area contributed by atoms with Gasteiger partial charge in [0.2, 0.25) is 0 Å². The highest BCUT2D eigenvalue weighted by atomic mass is 32.2. The maximum absolute atomic E-state index is 11.8. The van der Waals surface area contributed by atoms with Crippen LogP contribution in [0, 0.1) is 0 Å². The molecule has 2 aromatic rings. The molecule has 0 saturated carbocycles. The van der Waals surface area contributed by atoms with Gasteiger partial charge in [-0.15, -0.1) is 0 Å². The second kappa shape index (κ2) is 7.66. The average Bonchev–Trinajstić information content (AvgIpc) is 2.54. The lowest BCUT2D eigenvalue weighted by atomic mass is 10.0. The van der Waals surface area contributed by atoms with Gasteiger partial charge in [-0.2, -0.15) is 13.5 Å². The van der Waals surface area contributed by atoms with Crippen molar-refractivity contribution in [3.8, 4) is 11.3 Å². The number of hydrogen-bond acceptors (Lipinski definition) is 6. The number of aromatic amines is 1. The van der Waals surface area contributed by atoms with Gasteiger partial charge in [0.25, 0.3) is 15.7 Å². The molecule has 8 nitrogen and oxygen atoms in total. The molecule has 0 fully saturated rings. The molecule has 0 unspecified atom stereocenters. The second-order valence-corrected chi connectivity index (χ2v) is 7.43. The summed E-state index contributed by atoms with van der Waals surface area (Å²) in [6.07, 6.45) is 2.51. The van der Waals surface area contributed by atoms with Crippen LogP contribution in [0.25, 0.3) is 11.3 Å². The minimum absolute atomic E-state index is 0.0825. The fourth-order valence-electron chi connectivity index (χ4n) is 2.52. The van der Waals surface area contributed by atoms with Crippen LogP contribution in [0.2, 0.25) is 0 Å². The van der Waals surface area contributed by atoms with E-state index in [1.165, 1.54) is 0 Å². The van der Waals surface area contributed by atoms with Gasteiger partial charge in [0.1, 0.15) is 5.69 Å². The molecular formula is C16H22N4O4S. The molecular weight excluding hydrogens is 344 g/mol. The van der Waals surface area contributed by atoms with Crippen molar-refractivity contribution in [3.05, 3.63) is 40.2 Å². The number of benzene rings is 1. The van der Waals surface area contributed by atoms with Crippen LogP contribution in [0.15, 0.2) is 29.1 Å². The van der Waals surface area contributed by atoms with E-state index in [1.54, 1.807) is 0 Å². The largest absolute Gasteiger partial charge is 0.383 e. The van der Waals surface area contributed by atoms with E-state index in [0.29, 0.717) is 6.26 Å². The normalized spacial score (nSPS) is 13.1. The first kappa shape index (κ1) is 18.9. The fraction of sp³-hybridized carbons (Fsp3) is 0.375. The van der Waals surface area contributed by atoms with Gasteiger partial charge < -0.3 is 10.2 Å². The first-order valence-corrected chi connectivity index (χ1v) is 9.57. The number of hydrogen-bond donors (Lipinski definition) is 3. The number of rotatable bonds is 2. The summed E-state index contributed by atoms with van der Waals surface area (Å²) in [6, 6.07) is 8.17. The monoisotopic (exact) mass is 366 g/mol. The Labute approximate surface area is 146 Å². The minimum Gasteiger partial charge on any atom is -0.383 e. The van der Waals surface area contributed by atoms with Gasteiger partial charge in [0.05, 0.1) is 11.9 Å². The minimum atomic E-state index is -3.67. The highest BCUT2D eigenvalue weighted by Gasteiger charge is 2.18. The van der Waals surface area contributed by atoms with Gasteiger partial charge in [-0.25, -0.2) is 5.10 Å². The number of nitrogens with one attached hydrogen (secondary N) is 2. The average molecular weight is 366 g/mol. The molecule has 0 amide bonds. The topological polar surface area (TPSA) is 115 Å². The van der Waals surface area contributed by atoms with Crippen molar-refractivity contribution in [1.29, 1.82) is 0 Å². The fourth-order valence-corrected chi connectivity index (χ4v) is 2.52. The van der Waals surface area contributed by atoms with Gasteiger partial charge in [-0.05, 0) is 25.0 Å². The Hall–Kier alpha value is -2.39. The quantitative estimate of drug-likeness (QED) is 0.687. The van der Waals surface area contributed by atoms with Gasteiger partial charge in [0, 0.05) is 37.5 Å². The Morgan fingerprint density at radius 2 is 1.80 bits per heavy atom. The summed E-state index contributed by atoms with van der Waals surface area (Å²) >= 11 is 0. The third-order valence-electron chi connectivity index (χ3n) is 3.64. The van der Waals surface area contributed by atoms with Crippen LogP contribution in [-0.4, -0.2) is 50.1 Å². The van der Waals surface area contributed by atoms with Crippen LogP contribution >= 0.6 is 0 Å². The molecule has 136 valence electrons. The lowest BCUT2D eigenvalue weighted by Crippen LogP contribution is -2.24. The summed E-state index contributed by atoms with van der Waals surface area (Å²) < 4.78 is 25.9. The van der Waals surface area contributed by atoms with Crippen LogP contribution in [0.4, 0.5) is 11.4 Å². The Balaban J connectivity index is 0.000000399. The summed E-state index contributed by atoms with van der Waals surface area (Å²) in [6.45, 7) is 0.890. The van der Waals surface area contributed by atoms with Crippen LogP contribution in [0.1, 0.15) is 12.0 Å². The number of H-pyrrole nitrogens is 1. The molecule has 0 spiro atoms. The molecule has 0 aliphatic carbocycles. The van der Waals surface area contributed by atoms with E-state index in [-0.39, 0.29) is 5.56 Å². The lowest BCUT2D eigenvalue weighted by molar-refractivity contribution is 0.490. The smallest absolute Gasteiger partial charge is 0.269 e. The zero-order valence-corrected chi connectivity index (χ0v) is 15.2. The number of anilines is 2. The van der Waals surface area contributed by atoms with E-state index in [1.807, 2.05) is 26.2 Å². The maximum Gasteiger partial charge on any atom is 0.269 e. The summed E-state index contributed by atoms with van der Waals surface area (Å²) in [5.41, 5.74) is 4.60. The van der Waals surface area contributed by atoms with Crippen LogP contribution in [0.5, 0.6) is 0 Å². The first-order chi connectivity index (χ1) is 11.7. The molecule has 0 atom stereocenters. The standard InChI is InChI=1S/C15H18N4O.CH4O3S/c1-19(2)11-7-5-10(6-8-11)13-14-12(4-3-9-16-14)15(20)18-17-13;1-5(2,3)4/h5-8,16H,3-4,9H2,1-2H3,(H,18,20);1H3,(H,2,3,4). The molecule has 3 N–H and O–H groups in total. The van der Waals surface area contributed by atoms with E-state index < -0.39 is 10.1 Å². The predicted octanol–water partition coefficient (Wildman–Crippen LogP) is 1.36. The number of nitrogens with zero attached hydrogens (tertiary/aromatic N) is 2. The summed E-state index contributed by atoms with van der Waals surface area (Å²) in [5, 5.41) is 10.1. The zero-order chi connectivity index (χ0) is 18.6. The van der Waals surface area contributed by atoms with Gasteiger partial charge in [-0.1, -0.05) is 12.1 Å². The molecule has 2 heterocycles. The van der Waals surface area contributed by atoms with Crippen molar-refractivity contribution in [2.24, 2.45) is 0 Å².